The summed E-state index contributed by atoms with van der Waals surface area (Å²) < 4.78 is 39.3. The number of anilines is 1. The highest BCUT2D eigenvalue weighted by Gasteiger charge is 2.18. The number of nitrogens with one attached hydrogen (secondary N) is 1. The van der Waals surface area contributed by atoms with E-state index in [0.29, 0.717) is 23.6 Å². The molecule has 1 aromatic heterocycles. The molecule has 0 saturated heterocycles. The average Bonchev–Trinajstić information content (AvgIpc) is 2.99. The van der Waals surface area contributed by atoms with E-state index in [1.807, 2.05) is 11.5 Å². The van der Waals surface area contributed by atoms with E-state index in [0.717, 1.165) is 11.4 Å². The van der Waals surface area contributed by atoms with E-state index in [-0.39, 0.29) is 18.1 Å². The first kappa shape index (κ1) is 20.5. The van der Waals surface area contributed by atoms with E-state index in [9.17, 15) is 13.6 Å². The predicted molar refractivity (Wildman–Crippen MR) is 107 cm³/mol. The summed E-state index contributed by atoms with van der Waals surface area (Å²) in [5.74, 6) is -0.866. The molecule has 0 fully saturated rings. The zero-order valence-corrected chi connectivity index (χ0v) is 16.5. The van der Waals surface area contributed by atoms with Crippen molar-refractivity contribution in [3.8, 4) is 11.4 Å². The zero-order chi connectivity index (χ0) is 21.0. The molecular formula is C22H22F2N2O3. The number of aryl methyl sites for hydroxylation is 1. The summed E-state index contributed by atoms with van der Waals surface area (Å²) in [4.78, 5) is 12.9. The molecule has 0 aliphatic rings. The van der Waals surface area contributed by atoms with Crippen LogP contribution in [0.2, 0.25) is 0 Å². The number of hydrogen-bond donors (Lipinski definition) is 1. The average molecular weight is 400 g/mol. The van der Waals surface area contributed by atoms with E-state index in [1.165, 1.54) is 30.3 Å². The fourth-order valence-electron chi connectivity index (χ4n) is 3.13. The number of hydrogen-bond acceptors (Lipinski definition) is 3. The third-order valence-corrected chi connectivity index (χ3v) is 4.50. The maximum absolute atomic E-state index is 13.7. The number of carbonyl (C=O) groups excluding carboxylic acids is 1. The molecule has 0 atom stereocenters. The second kappa shape index (κ2) is 8.87. The van der Waals surface area contributed by atoms with Gasteiger partial charge in [-0.2, -0.15) is 0 Å². The van der Waals surface area contributed by atoms with Crippen LogP contribution in [0.4, 0.5) is 14.5 Å². The molecule has 0 aliphatic carbocycles. The van der Waals surface area contributed by atoms with Crippen LogP contribution in [0.1, 0.15) is 21.7 Å². The van der Waals surface area contributed by atoms with Crippen LogP contribution in [0.25, 0.3) is 5.69 Å². The predicted octanol–water partition coefficient (Wildman–Crippen LogP) is 4.65. The number of ether oxygens (including phenoxy) is 2. The summed E-state index contributed by atoms with van der Waals surface area (Å²) in [6, 6.07) is 11.7. The van der Waals surface area contributed by atoms with Crippen molar-refractivity contribution in [2.45, 2.75) is 13.8 Å². The molecule has 0 unspecified atom stereocenters. The summed E-state index contributed by atoms with van der Waals surface area (Å²) >= 11 is 0. The molecule has 7 heteroatoms. The molecule has 0 bridgehead atoms. The van der Waals surface area contributed by atoms with Crippen molar-refractivity contribution in [1.29, 1.82) is 0 Å². The lowest BCUT2D eigenvalue weighted by Gasteiger charge is -2.13. The number of benzene rings is 2. The number of aromatic nitrogens is 1. The van der Waals surface area contributed by atoms with Gasteiger partial charge in [-0.3, -0.25) is 4.79 Å². The molecule has 0 spiro atoms. The van der Waals surface area contributed by atoms with Gasteiger partial charge in [-0.25, -0.2) is 8.78 Å². The minimum Gasteiger partial charge on any atom is -0.489 e. The number of halogens is 2. The maximum Gasteiger partial charge on any atom is 0.257 e. The summed E-state index contributed by atoms with van der Waals surface area (Å²) in [6.45, 7) is 4.29. The van der Waals surface area contributed by atoms with Crippen molar-refractivity contribution in [3.05, 3.63) is 77.1 Å². The standard InChI is InChI=1S/C22H22F2N2O3/c1-14-12-19(15(2)26(14)18-7-4-16(23)5-8-18)22(27)25-20-13-17(24)6-9-21(20)29-11-10-28-3/h4-9,12-13H,10-11H2,1-3H3,(H,25,27). The molecule has 3 aromatic rings. The summed E-state index contributed by atoms with van der Waals surface area (Å²) in [5.41, 5.74) is 2.91. The van der Waals surface area contributed by atoms with Crippen LogP contribution in [-0.2, 0) is 4.74 Å². The van der Waals surface area contributed by atoms with Crippen LogP contribution in [0, 0.1) is 25.5 Å². The quantitative estimate of drug-likeness (QED) is 0.588. The first-order valence-corrected chi connectivity index (χ1v) is 9.08. The highest BCUT2D eigenvalue weighted by molar-refractivity contribution is 6.06. The molecule has 3 rings (SSSR count). The Bertz CT molecular complexity index is 1010. The van der Waals surface area contributed by atoms with Crippen LogP contribution in [0.15, 0.2) is 48.5 Å². The smallest absolute Gasteiger partial charge is 0.257 e. The van der Waals surface area contributed by atoms with Gasteiger partial charge in [0.05, 0.1) is 17.9 Å². The van der Waals surface area contributed by atoms with E-state index >= 15 is 0 Å². The fourth-order valence-corrected chi connectivity index (χ4v) is 3.13. The number of methoxy groups -OCH3 is 1. The fraction of sp³-hybridized carbons (Fsp3) is 0.227. The second-order valence-electron chi connectivity index (χ2n) is 6.53. The van der Waals surface area contributed by atoms with Crippen LogP contribution >= 0.6 is 0 Å². The van der Waals surface area contributed by atoms with Crippen molar-refractivity contribution >= 4 is 11.6 Å². The molecule has 29 heavy (non-hydrogen) atoms. The van der Waals surface area contributed by atoms with Gasteiger partial charge in [0.2, 0.25) is 0 Å². The van der Waals surface area contributed by atoms with Gasteiger partial charge in [-0.15, -0.1) is 0 Å². The third-order valence-electron chi connectivity index (χ3n) is 4.50. The maximum atomic E-state index is 13.7. The molecule has 1 amide bonds. The Morgan fingerprint density at radius 1 is 1.00 bits per heavy atom. The van der Waals surface area contributed by atoms with Crippen molar-refractivity contribution in [1.82, 2.24) is 4.57 Å². The number of nitrogens with zero attached hydrogens (tertiary/aromatic N) is 1. The summed E-state index contributed by atoms with van der Waals surface area (Å²) in [5, 5.41) is 2.72. The minimum atomic E-state index is -0.490. The Hall–Kier alpha value is -3.19. The SMILES string of the molecule is COCCOc1ccc(F)cc1NC(=O)c1cc(C)n(-c2ccc(F)cc2)c1C. The van der Waals surface area contributed by atoms with Crippen LogP contribution in [0.5, 0.6) is 5.75 Å². The van der Waals surface area contributed by atoms with Crippen molar-refractivity contribution in [3.63, 3.8) is 0 Å². The molecule has 1 heterocycles. The largest absolute Gasteiger partial charge is 0.489 e. The van der Waals surface area contributed by atoms with Gasteiger partial charge in [0.25, 0.3) is 5.91 Å². The first-order chi connectivity index (χ1) is 13.9. The molecule has 1 N–H and O–H groups in total. The Morgan fingerprint density at radius 2 is 1.69 bits per heavy atom. The molecule has 5 nitrogen and oxygen atoms in total. The van der Waals surface area contributed by atoms with Crippen molar-refractivity contribution < 1.29 is 23.0 Å². The Morgan fingerprint density at radius 3 is 2.38 bits per heavy atom. The van der Waals surface area contributed by atoms with Crippen molar-refractivity contribution in [2.24, 2.45) is 0 Å². The van der Waals surface area contributed by atoms with E-state index < -0.39 is 11.7 Å². The van der Waals surface area contributed by atoms with Gasteiger partial charge in [-0.05, 0) is 56.3 Å². The van der Waals surface area contributed by atoms with Crippen LogP contribution in [-0.4, -0.2) is 30.8 Å². The molecule has 0 radical (unpaired) electrons. The lowest BCUT2D eigenvalue weighted by molar-refractivity contribution is 0.102. The van der Waals surface area contributed by atoms with Crippen LogP contribution in [0.3, 0.4) is 0 Å². The highest BCUT2D eigenvalue weighted by Crippen LogP contribution is 2.27. The Kier molecular flexibility index (Phi) is 6.29. The van der Waals surface area contributed by atoms with E-state index in [2.05, 4.69) is 5.32 Å². The lowest BCUT2D eigenvalue weighted by Crippen LogP contribution is -2.15. The Balaban J connectivity index is 1.88. The second-order valence-corrected chi connectivity index (χ2v) is 6.53. The normalized spacial score (nSPS) is 10.8. The molecule has 0 saturated carbocycles. The van der Waals surface area contributed by atoms with Gasteiger partial charge in [0, 0.05) is 30.3 Å². The molecule has 0 aliphatic heterocycles. The van der Waals surface area contributed by atoms with Crippen molar-refractivity contribution in [2.75, 3.05) is 25.6 Å². The van der Waals surface area contributed by atoms with E-state index in [1.54, 1.807) is 32.2 Å². The number of rotatable bonds is 7. The summed E-state index contributed by atoms with van der Waals surface area (Å²) in [7, 11) is 1.55. The van der Waals surface area contributed by atoms with E-state index in [4.69, 9.17) is 9.47 Å². The first-order valence-electron chi connectivity index (χ1n) is 9.08. The van der Waals surface area contributed by atoms with Gasteiger partial charge in [0.15, 0.2) is 0 Å². The number of amides is 1. The lowest BCUT2D eigenvalue weighted by atomic mass is 10.2. The van der Waals surface area contributed by atoms with Gasteiger partial charge in [-0.1, -0.05) is 0 Å². The topological polar surface area (TPSA) is 52.5 Å². The monoisotopic (exact) mass is 400 g/mol. The number of carbonyl (C=O) groups is 1. The van der Waals surface area contributed by atoms with Gasteiger partial charge < -0.3 is 19.4 Å². The zero-order valence-electron chi connectivity index (χ0n) is 16.5. The molecular weight excluding hydrogens is 378 g/mol. The van der Waals surface area contributed by atoms with Gasteiger partial charge >= 0.3 is 0 Å². The molecule has 2 aromatic carbocycles. The molecule has 152 valence electrons. The third kappa shape index (κ3) is 4.63. The summed E-state index contributed by atoms with van der Waals surface area (Å²) in [6.07, 6.45) is 0. The highest BCUT2D eigenvalue weighted by atomic mass is 19.1. The Labute approximate surface area is 167 Å². The van der Waals surface area contributed by atoms with Crippen LogP contribution < -0.4 is 10.1 Å². The minimum absolute atomic E-state index is 0.234. The van der Waals surface area contributed by atoms with Gasteiger partial charge in [0.1, 0.15) is 24.0 Å².